The number of hydrogen-bond acceptors (Lipinski definition) is 1. The molecule has 0 bridgehead atoms. The van der Waals surface area contributed by atoms with Crippen LogP contribution in [-0.4, -0.2) is 4.89 Å². The highest BCUT2D eigenvalue weighted by molar-refractivity contribution is 7.41. The monoisotopic (exact) mass is 154 g/mol. The summed E-state index contributed by atoms with van der Waals surface area (Å²) in [6.45, 7) is 2.10. The molecule has 0 saturated carbocycles. The number of aryl methyl sites for hydroxylation is 1. The zero-order valence-electron chi connectivity index (χ0n) is 5.96. The normalized spacial score (nSPS) is 11.0. The van der Waals surface area contributed by atoms with Gasteiger partial charge in [0.15, 0.2) is 0 Å². The van der Waals surface area contributed by atoms with Gasteiger partial charge in [0.05, 0.1) is 0 Å². The standard InChI is InChI=1S/C8H11OP/c1-2-7-5-3-4-6-8(7)10-9/h3-6,9-10H,2H2,1H3. The number of hydrogen-bond donors (Lipinski definition) is 1. The van der Waals surface area contributed by atoms with Crippen LogP contribution in [0, 0.1) is 0 Å². The molecule has 1 unspecified atom stereocenters. The van der Waals surface area contributed by atoms with Crippen molar-refractivity contribution in [2.24, 2.45) is 0 Å². The Bertz CT molecular complexity index is 187. The third-order valence-electron chi connectivity index (χ3n) is 1.52. The highest BCUT2D eigenvalue weighted by atomic mass is 31.1. The number of rotatable bonds is 2. The van der Waals surface area contributed by atoms with Crippen LogP contribution in [0.4, 0.5) is 0 Å². The molecule has 10 heavy (non-hydrogen) atoms. The average molecular weight is 154 g/mol. The van der Waals surface area contributed by atoms with Crippen LogP contribution in [0.2, 0.25) is 0 Å². The van der Waals surface area contributed by atoms with Crippen LogP contribution in [0.15, 0.2) is 24.3 Å². The maximum absolute atomic E-state index is 8.88. The van der Waals surface area contributed by atoms with Crippen molar-refractivity contribution in [1.82, 2.24) is 0 Å². The van der Waals surface area contributed by atoms with Gasteiger partial charge in [-0.2, -0.15) is 0 Å². The Morgan fingerprint density at radius 2 is 2.10 bits per heavy atom. The van der Waals surface area contributed by atoms with Crippen LogP contribution in [0.25, 0.3) is 0 Å². The molecule has 0 aromatic heterocycles. The molecule has 2 heteroatoms. The Balaban J connectivity index is 2.96. The summed E-state index contributed by atoms with van der Waals surface area (Å²) in [5.41, 5.74) is 1.25. The molecule has 54 valence electrons. The van der Waals surface area contributed by atoms with E-state index in [4.69, 9.17) is 4.89 Å². The minimum atomic E-state index is -0.0643. The van der Waals surface area contributed by atoms with Gasteiger partial charge in [0.2, 0.25) is 0 Å². The van der Waals surface area contributed by atoms with Crippen molar-refractivity contribution in [3.05, 3.63) is 29.8 Å². The first-order chi connectivity index (χ1) is 4.88. The number of benzene rings is 1. The average Bonchev–Trinajstić information content (AvgIpc) is 2.04. The van der Waals surface area contributed by atoms with Gasteiger partial charge >= 0.3 is 0 Å². The topological polar surface area (TPSA) is 20.2 Å². The van der Waals surface area contributed by atoms with Gasteiger partial charge < -0.3 is 4.89 Å². The summed E-state index contributed by atoms with van der Waals surface area (Å²) in [5, 5.41) is 1.07. The molecular formula is C8H11OP. The Morgan fingerprint density at radius 3 is 2.60 bits per heavy atom. The van der Waals surface area contributed by atoms with Gasteiger partial charge in [0.25, 0.3) is 0 Å². The zero-order valence-corrected chi connectivity index (χ0v) is 6.96. The summed E-state index contributed by atoms with van der Waals surface area (Å²) in [5.74, 6) is 0. The highest BCUT2D eigenvalue weighted by Gasteiger charge is 1.95. The molecule has 1 aromatic carbocycles. The zero-order chi connectivity index (χ0) is 7.40. The van der Waals surface area contributed by atoms with Crippen molar-refractivity contribution >= 4 is 14.1 Å². The van der Waals surface area contributed by atoms with Crippen LogP contribution in [-0.2, 0) is 6.42 Å². The second kappa shape index (κ2) is 3.70. The van der Waals surface area contributed by atoms with Gasteiger partial charge in [0.1, 0.15) is 0 Å². The first-order valence-corrected chi connectivity index (χ1v) is 4.31. The Kier molecular flexibility index (Phi) is 2.85. The van der Waals surface area contributed by atoms with E-state index in [2.05, 4.69) is 13.0 Å². The van der Waals surface area contributed by atoms with E-state index in [-0.39, 0.29) is 8.81 Å². The highest BCUT2D eigenvalue weighted by Crippen LogP contribution is 2.08. The van der Waals surface area contributed by atoms with E-state index in [0.717, 1.165) is 11.7 Å². The minimum Gasteiger partial charge on any atom is -0.372 e. The van der Waals surface area contributed by atoms with Gasteiger partial charge in [-0.15, -0.1) is 0 Å². The minimum absolute atomic E-state index is 0.0643. The third kappa shape index (κ3) is 1.56. The lowest BCUT2D eigenvalue weighted by atomic mass is 10.2. The lowest BCUT2D eigenvalue weighted by Gasteiger charge is -2.01. The van der Waals surface area contributed by atoms with E-state index in [0.29, 0.717) is 0 Å². The summed E-state index contributed by atoms with van der Waals surface area (Å²) in [6.07, 6.45) is 1.00. The van der Waals surface area contributed by atoms with E-state index >= 15 is 0 Å². The fraction of sp³-hybridized carbons (Fsp3) is 0.250. The van der Waals surface area contributed by atoms with Crippen LogP contribution in [0.3, 0.4) is 0 Å². The van der Waals surface area contributed by atoms with Crippen molar-refractivity contribution in [3.63, 3.8) is 0 Å². The molecule has 1 atom stereocenters. The van der Waals surface area contributed by atoms with Crippen molar-refractivity contribution in [2.45, 2.75) is 13.3 Å². The molecule has 0 saturated heterocycles. The Morgan fingerprint density at radius 1 is 1.40 bits per heavy atom. The fourth-order valence-electron chi connectivity index (χ4n) is 0.938. The van der Waals surface area contributed by atoms with Crippen LogP contribution < -0.4 is 5.30 Å². The molecule has 0 heterocycles. The smallest absolute Gasteiger partial charge is 0.0422 e. The summed E-state index contributed by atoms with van der Waals surface area (Å²) in [6, 6.07) is 7.98. The van der Waals surface area contributed by atoms with Crippen molar-refractivity contribution < 1.29 is 4.89 Å². The summed E-state index contributed by atoms with van der Waals surface area (Å²) in [4.78, 5) is 8.88. The summed E-state index contributed by atoms with van der Waals surface area (Å²) >= 11 is 0. The molecule has 1 N–H and O–H groups in total. The van der Waals surface area contributed by atoms with Crippen molar-refractivity contribution in [3.8, 4) is 0 Å². The van der Waals surface area contributed by atoms with Gasteiger partial charge in [-0.1, -0.05) is 31.2 Å². The molecule has 0 fully saturated rings. The second-order valence-electron chi connectivity index (χ2n) is 2.12. The molecule has 1 aromatic rings. The van der Waals surface area contributed by atoms with E-state index < -0.39 is 0 Å². The van der Waals surface area contributed by atoms with Crippen molar-refractivity contribution in [1.29, 1.82) is 0 Å². The lowest BCUT2D eigenvalue weighted by molar-refractivity contribution is 0.654. The predicted octanol–water partition coefficient (Wildman–Crippen LogP) is 1.46. The molecule has 0 spiro atoms. The van der Waals surface area contributed by atoms with Gasteiger partial charge in [-0.25, -0.2) is 0 Å². The third-order valence-corrected chi connectivity index (χ3v) is 2.25. The molecule has 1 nitrogen and oxygen atoms in total. The molecule has 0 radical (unpaired) electrons. The van der Waals surface area contributed by atoms with Crippen LogP contribution in [0.5, 0.6) is 0 Å². The molecule has 0 aliphatic heterocycles. The van der Waals surface area contributed by atoms with Gasteiger partial charge in [-0.05, 0) is 12.0 Å². The summed E-state index contributed by atoms with van der Waals surface area (Å²) in [7, 11) is -0.0643. The SMILES string of the molecule is CCc1ccccc1PO. The molecular weight excluding hydrogens is 143 g/mol. The molecule has 0 aliphatic rings. The van der Waals surface area contributed by atoms with Crippen LogP contribution >= 0.6 is 8.81 Å². The van der Waals surface area contributed by atoms with Gasteiger partial charge in [-0.3, -0.25) is 0 Å². The van der Waals surface area contributed by atoms with E-state index in [1.54, 1.807) is 0 Å². The molecule has 1 rings (SSSR count). The van der Waals surface area contributed by atoms with Crippen molar-refractivity contribution in [2.75, 3.05) is 0 Å². The lowest BCUT2D eigenvalue weighted by Crippen LogP contribution is -2.00. The summed E-state index contributed by atoms with van der Waals surface area (Å²) < 4.78 is 0. The first-order valence-electron chi connectivity index (χ1n) is 3.36. The maximum atomic E-state index is 8.88. The van der Waals surface area contributed by atoms with E-state index in [1.807, 2.05) is 18.2 Å². The maximum Gasteiger partial charge on any atom is 0.0422 e. The molecule has 0 amide bonds. The Hall–Kier alpha value is -0.390. The van der Waals surface area contributed by atoms with Gasteiger partial charge in [0, 0.05) is 14.1 Å². The fourth-order valence-corrected chi connectivity index (χ4v) is 1.51. The predicted molar refractivity (Wildman–Crippen MR) is 46.0 cm³/mol. The van der Waals surface area contributed by atoms with E-state index in [1.165, 1.54) is 5.56 Å². The molecule has 0 aliphatic carbocycles. The second-order valence-corrected chi connectivity index (χ2v) is 2.88. The van der Waals surface area contributed by atoms with Crippen LogP contribution in [0.1, 0.15) is 12.5 Å². The Labute approximate surface area is 63.0 Å². The van der Waals surface area contributed by atoms with E-state index in [9.17, 15) is 0 Å². The largest absolute Gasteiger partial charge is 0.372 e. The quantitative estimate of drug-likeness (QED) is 0.639. The first kappa shape index (κ1) is 7.71.